The molecule has 0 unspecified atom stereocenters. The van der Waals surface area contributed by atoms with Gasteiger partial charge in [0.1, 0.15) is 10.7 Å². The summed E-state index contributed by atoms with van der Waals surface area (Å²) >= 11 is 1.28. The lowest BCUT2D eigenvalue weighted by molar-refractivity contribution is 0.0602. The zero-order chi connectivity index (χ0) is 20.3. The number of hydrogen-bond donors (Lipinski definition) is 1. The zero-order valence-electron chi connectivity index (χ0n) is 15.7. The lowest BCUT2D eigenvalue weighted by atomic mass is 10.1. The van der Waals surface area contributed by atoms with E-state index in [2.05, 4.69) is 10.3 Å². The van der Waals surface area contributed by atoms with Crippen LogP contribution in [0, 0.1) is 19.7 Å². The first-order valence-electron chi connectivity index (χ1n) is 8.59. The third-order valence-corrected chi connectivity index (χ3v) is 5.39. The van der Waals surface area contributed by atoms with Crippen LogP contribution in [0.1, 0.15) is 41.9 Å². The summed E-state index contributed by atoms with van der Waals surface area (Å²) in [5, 5.41) is 3.57. The Bertz CT molecular complexity index is 1030. The van der Waals surface area contributed by atoms with E-state index in [0.29, 0.717) is 28.2 Å². The molecule has 0 aliphatic carbocycles. The Morgan fingerprint density at radius 2 is 1.86 bits per heavy atom. The van der Waals surface area contributed by atoms with Crippen LogP contribution in [0.2, 0.25) is 0 Å². The number of esters is 1. The first kappa shape index (κ1) is 19.7. The van der Waals surface area contributed by atoms with Crippen LogP contribution >= 0.6 is 11.3 Å². The Kier molecular flexibility index (Phi) is 5.84. The fourth-order valence-corrected chi connectivity index (χ4v) is 3.79. The van der Waals surface area contributed by atoms with Crippen LogP contribution in [0.3, 0.4) is 0 Å². The van der Waals surface area contributed by atoms with E-state index in [1.807, 2.05) is 13.0 Å². The number of nitrogens with one attached hydrogen (secondary N) is 1. The quantitative estimate of drug-likeness (QED) is 0.641. The molecule has 1 heterocycles. The van der Waals surface area contributed by atoms with Gasteiger partial charge in [0.25, 0.3) is 5.91 Å². The van der Waals surface area contributed by atoms with Gasteiger partial charge in [-0.25, -0.2) is 14.2 Å². The molecule has 0 aliphatic heterocycles. The predicted octanol–water partition coefficient (Wildman–Crippen LogP) is 4.53. The van der Waals surface area contributed by atoms with Crippen LogP contribution < -0.4 is 5.32 Å². The maximum absolute atomic E-state index is 13.1. The summed E-state index contributed by atoms with van der Waals surface area (Å²) < 4.78 is 17.9. The maximum atomic E-state index is 13.1. The third kappa shape index (κ3) is 4.26. The third-order valence-electron chi connectivity index (χ3n) is 4.23. The second-order valence-corrected chi connectivity index (χ2v) is 7.35. The molecule has 0 saturated heterocycles. The van der Waals surface area contributed by atoms with Crippen molar-refractivity contribution in [2.45, 2.75) is 20.3 Å². The van der Waals surface area contributed by atoms with Crippen LogP contribution in [-0.4, -0.2) is 24.0 Å². The molecule has 0 fully saturated rings. The number of anilines is 1. The van der Waals surface area contributed by atoms with Gasteiger partial charge in [0.05, 0.1) is 29.1 Å². The highest BCUT2D eigenvalue weighted by molar-refractivity contribution is 7.14. The zero-order valence-corrected chi connectivity index (χ0v) is 16.5. The molecule has 0 saturated carbocycles. The van der Waals surface area contributed by atoms with Crippen molar-refractivity contribution in [3.63, 3.8) is 0 Å². The van der Waals surface area contributed by atoms with Crippen LogP contribution in [0.15, 0.2) is 42.5 Å². The summed E-state index contributed by atoms with van der Waals surface area (Å²) in [4.78, 5) is 29.7. The Balaban J connectivity index is 1.83. The number of carbonyl (C=O) groups excluding carboxylic acids is 2. The molecule has 0 radical (unpaired) electrons. The van der Waals surface area contributed by atoms with Gasteiger partial charge in [0.2, 0.25) is 0 Å². The molecule has 0 atom stereocenters. The number of rotatable bonds is 5. The molecule has 1 amide bonds. The minimum absolute atomic E-state index is 0.293. The average molecular weight is 398 g/mol. The second kappa shape index (κ2) is 8.31. The van der Waals surface area contributed by atoms with Crippen LogP contribution in [0.5, 0.6) is 0 Å². The van der Waals surface area contributed by atoms with Crippen LogP contribution in [0.25, 0.3) is 0 Å². The molecule has 7 heteroatoms. The fraction of sp³-hybridized carbons (Fsp3) is 0.190. The minimum atomic E-state index is -0.517. The number of benzene rings is 2. The van der Waals surface area contributed by atoms with E-state index in [4.69, 9.17) is 4.74 Å². The van der Waals surface area contributed by atoms with Crippen molar-refractivity contribution in [3.05, 3.63) is 80.6 Å². The standard InChI is InChI=1S/C21H19FN2O3S/c1-12-5-4-6-16(21(26)27-3)18(12)24-20(25)19-13(2)23-17(28-19)11-14-7-9-15(22)10-8-14/h4-10H,11H2,1-3H3,(H,24,25). The molecule has 3 aromatic rings. The highest BCUT2D eigenvalue weighted by Gasteiger charge is 2.20. The number of halogens is 1. The number of aromatic nitrogens is 1. The highest BCUT2D eigenvalue weighted by atomic mass is 32.1. The van der Waals surface area contributed by atoms with Gasteiger partial charge in [-0.2, -0.15) is 0 Å². The first-order chi connectivity index (χ1) is 13.4. The normalized spacial score (nSPS) is 10.6. The first-order valence-corrected chi connectivity index (χ1v) is 9.40. The lowest BCUT2D eigenvalue weighted by Crippen LogP contribution is -2.16. The van der Waals surface area contributed by atoms with Crippen molar-refractivity contribution >= 4 is 28.9 Å². The minimum Gasteiger partial charge on any atom is -0.465 e. The number of thiazole rings is 1. The van der Waals surface area contributed by atoms with Gasteiger partial charge in [-0.3, -0.25) is 4.79 Å². The van der Waals surface area contributed by atoms with Gasteiger partial charge in [-0.15, -0.1) is 11.3 Å². The van der Waals surface area contributed by atoms with Crippen molar-refractivity contribution in [1.29, 1.82) is 0 Å². The smallest absolute Gasteiger partial charge is 0.339 e. The van der Waals surface area contributed by atoms with Crippen LogP contribution in [-0.2, 0) is 11.2 Å². The van der Waals surface area contributed by atoms with Gasteiger partial charge >= 0.3 is 5.97 Å². The maximum Gasteiger partial charge on any atom is 0.339 e. The molecule has 3 rings (SSSR count). The highest BCUT2D eigenvalue weighted by Crippen LogP contribution is 2.26. The summed E-state index contributed by atoms with van der Waals surface area (Å²) in [6.07, 6.45) is 0.511. The van der Waals surface area contributed by atoms with E-state index < -0.39 is 5.97 Å². The van der Waals surface area contributed by atoms with E-state index in [0.717, 1.165) is 16.1 Å². The van der Waals surface area contributed by atoms with Crippen molar-refractivity contribution in [1.82, 2.24) is 4.98 Å². The van der Waals surface area contributed by atoms with E-state index in [9.17, 15) is 14.0 Å². The lowest BCUT2D eigenvalue weighted by Gasteiger charge is -2.12. The topological polar surface area (TPSA) is 68.3 Å². The monoisotopic (exact) mass is 398 g/mol. The predicted molar refractivity (Wildman–Crippen MR) is 107 cm³/mol. The number of methoxy groups -OCH3 is 1. The molecule has 28 heavy (non-hydrogen) atoms. The largest absolute Gasteiger partial charge is 0.465 e. The van der Waals surface area contributed by atoms with E-state index in [1.54, 1.807) is 31.2 Å². The molecule has 0 bridgehead atoms. The Labute approximate surface area is 166 Å². The molecule has 1 N–H and O–H groups in total. The molecular formula is C21H19FN2O3S. The number of ether oxygens (including phenoxy) is 1. The Hall–Kier alpha value is -3.06. The van der Waals surface area contributed by atoms with Crippen molar-refractivity contribution in [2.75, 3.05) is 12.4 Å². The van der Waals surface area contributed by atoms with Crippen LogP contribution in [0.4, 0.5) is 10.1 Å². The summed E-state index contributed by atoms with van der Waals surface area (Å²) in [6, 6.07) is 11.3. The number of nitrogens with zero attached hydrogens (tertiary/aromatic N) is 1. The van der Waals surface area contributed by atoms with E-state index >= 15 is 0 Å². The number of para-hydroxylation sites is 1. The average Bonchev–Trinajstić information content (AvgIpc) is 3.04. The summed E-state index contributed by atoms with van der Waals surface area (Å²) in [5.74, 6) is -1.14. The molecule has 0 aliphatic rings. The van der Waals surface area contributed by atoms with Crippen molar-refractivity contribution in [2.24, 2.45) is 0 Å². The molecule has 144 valence electrons. The fourth-order valence-electron chi connectivity index (χ4n) is 2.80. The molecule has 1 aromatic heterocycles. The number of hydrogen-bond acceptors (Lipinski definition) is 5. The molecular weight excluding hydrogens is 379 g/mol. The second-order valence-electron chi connectivity index (χ2n) is 6.27. The summed E-state index contributed by atoms with van der Waals surface area (Å²) in [5.41, 5.74) is 2.99. The van der Waals surface area contributed by atoms with Gasteiger partial charge in [0, 0.05) is 6.42 Å². The van der Waals surface area contributed by atoms with Gasteiger partial charge in [-0.05, 0) is 43.2 Å². The Morgan fingerprint density at radius 3 is 2.54 bits per heavy atom. The van der Waals surface area contributed by atoms with Crippen molar-refractivity contribution < 1.29 is 18.7 Å². The van der Waals surface area contributed by atoms with Crippen molar-refractivity contribution in [3.8, 4) is 0 Å². The number of aryl methyl sites for hydroxylation is 2. The molecule has 2 aromatic carbocycles. The number of carbonyl (C=O) groups is 2. The Morgan fingerprint density at radius 1 is 1.14 bits per heavy atom. The number of amides is 1. The van der Waals surface area contributed by atoms with E-state index in [-0.39, 0.29) is 11.7 Å². The summed E-state index contributed by atoms with van der Waals surface area (Å²) in [7, 11) is 1.30. The molecule has 0 spiro atoms. The van der Waals surface area contributed by atoms with Gasteiger partial charge < -0.3 is 10.1 Å². The van der Waals surface area contributed by atoms with Gasteiger partial charge in [-0.1, -0.05) is 24.3 Å². The summed E-state index contributed by atoms with van der Waals surface area (Å²) in [6.45, 7) is 3.57. The SMILES string of the molecule is COC(=O)c1cccc(C)c1NC(=O)c1sc(Cc2ccc(F)cc2)nc1C. The van der Waals surface area contributed by atoms with E-state index in [1.165, 1.54) is 30.6 Å². The molecule has 5 nitrogen and oxygen atoms in total. The van der Waals surface area contributed by atoms with Gasteiger partial charge in [0.15, 0.2) is 0 Å².